The van der Waals surface area contributed by atoms with Gasteiger partial charge in [-0.25, -0.2) is 0 Å². The Morgan fingerprint density at radius 3 is 2.67 bits per heavy atom. The Labute approximate surface area is 146 Å². The molecule has 1 aromatic heterocycles. The maximum atomic E-state index is 12.0. The third kappa shape index (κ3) is 5.79. The van der Waals surface area contributed by atoms with Gasteiger partial charge in [-0.05, 0) is 34.9 Å². The summed E-state index contributed by atoms with van der Waals surface area (Å²) in [5.41, 5.74) is 3.11. The number of rotatable bonds is 8. The number of hydrogen-bond donors (Lipinski definition) is 3. The van der Waals surface area contributed by atoms with Crippen LogP contribution in [0.5, 0.6) is 0 Å². The molecule has 1 unspecified atom stereocenters. The van der Waals surface area contributed by atoms with Crippen LogP contribution in [0.4, 0.5) is 5.69 Å². The summed E-state index contributed by atoms with van der Waals surface area (Å²) < 4.78 is 0. The summed E-state index contributed by atoms with van der Waals surface area (Å²) in [5.74, 6) is -0.332. The standard InChI is InChI=1S/C18H23N3O2S/c1-3-15-6-4-5-7-16(15)20-17(22)10-19-18(23)12-21(2)11-14-8-9-24-13-14/h4-9,13H,3,10-12H2,1-2H3,(H,19,23)(H,20,22)/p+1. The van der Waals surface area contributed by atoms with Crippen LogP contribution in [0.25, 0.3) is 0 Å². The number of carbonyl (C=O) groups excluding carboxylic acids is 2. The van der Waals surface area contributed by atoms with Crippen LogP contribution in [0.15, 0.2) is 41.1 Å². The van der Waals surface area contributed by atoms with Crippen LogP contribution < -0.4 is 15.5 Å². The molecule has 0 radical (unpaired) electrons. The predicted octanol–water partition coefficient (Wildman–Crippen LogP) is 1.08. The number of quaternary nitrogens is 1. The lowest BCUT2D eigenvalue weighted by Gasteiger charge is -2.13. The Balaban J connectivity index is 1.73. The van der Waals surface area contributed by atoms with Crippen molar-refractivity contribution < 1.29 is 14.5 Å². The number of aryl methyl sites for hydroxylation is 1. The van der Waals surface area contributed by atoms with Crippen LogP contribution >= 0.6 is 11.3 Å². The SMILES string of the molecule is CCc1ccccc1NC(=O)CNC(=O)C[NH+](C)Cc1ccsc1. The number of thiophene rings is 1. The molecule has 5 nitrogen and oxygen atoms in total. The first kappa shape index (κ1) is 18.2. The minimum absolute atomic E-state index is 0.0113. The van der Waals surface area contributed by atoms with Crippen molar-refractivity contribution >= 4 is 28.8 Å². The van der Waals surface area contributed by atoms with Gasteiger partial charge in [0.1, 0.15) is 6.54 Å². The number of anilines is 1. The molecular weight excluding hydrogens is 322 g/mol. The fourth-order valence-electron chi connectivity index (χ4n) is 2.46. The fraction of sp³-hybridized carbons (Fsp3) is 0.333. The van der Waals surface area contributed by atoms with Gasteiger partial charge in [-0.3, -0.25) is 9.59 Å². The van der Waals surface area contributed by atoms with Crippen LogP contribution in [0.3, 0.4) is 0 Å². The highest BCUT2D eigenvalue weighted by Gasteiger charge is 2.12. The maximum absolute atomic E-state index is 12.0. The largest absolute Gasteiger partial charge is 0.342 e. The normalized spacial score (nSPS) is 11.8. The van der Waals surface area contributed by atoms with Crippen molar-refractivity contribution in [3.63, 3.8) is 0 Å². The quantitative estimate of drug-likeness (QED) is 0.670. The lowest BCUT2D eigenvalue weighted by atomic mass is 10.1. The van der Waals surface area contributed by atoms with Crippen molar-refractivity contribution in [1.82, 2.24) is 5.32 Å². The lowest BCUT2D eigenvalue weighted by Crippen LogP contribution is -3.08. The number of nitrogens with one attached hydrogen (secondary N) is 3. The van der Waals surface area contributed by atoms with Crippen LogP contribution in [-0.2, 0) is 22.6 Å². The second-order valence-corrected chi connectivity index (χ2v) is 6.56. The van der Waals surface area contributed by atoms with E-state index in [9.17, 15) is 9.59 Å². The van der Waals surface area contributed by atoms with E-state index in [1.54, 1.807) is 11.3 Å². The van der Waals surface area contributed by atoms with E-state index >= 15 is 0 Å². The van der Waals surface area contributed by atoms with E-state index in [2.05, 4.69) is 22.1 Å². The monoisotopic (exact) mass is 346 g/mol. The molecule has 1 atom stereocenters. The van der Waals surface area contributed by atoms with Crippen molar-refractivity contribution in [2.45, 2.75) is 19.9 Å². The number of carbonyl (C=O) groups is 2. The molecule has 3 N–H and O–H groups in total. The molecule has 0 aliphatic rings. The van der Waals surface area contributed by atoms with Crippen LogP contribution in [0.2, 0.25) is 0 Å². The summed E-state index contributed by atoms with van der Waals surface area (Å²) >= 11 is 1.65. The van der Waals surface area contributed by atoms with Crippen molar-refractivity contribution in [3.8, 4) is 0 Å². The maximum Gasteiger partial charge on any atom is 0.275 e. The average Bonchev–Trinajstić information content (AvgIpc) is 3.06. The van der Waals surface area contributed by atoms with Crippen molar-refractivity contribution in [3.05, 3.63) is 52.2 Å². The molecule has 0 spiro atoms. The molecular formula is C18H24N3O2S+. The molecule has 0 saturated heterocycles. The molecule has 1 heterocycles. The molecule has 2 aromatic rings. The molecule has 2 rings (SSSR count). The van der Waals surface area contributed by atoms with E-state index < -0.39 is 0 Å². The Morgan fingerprint density at radius 2 is 1.96 bits per heavy atom. The van der Waals surface area contributed by atoms with Gasteiger partial charge in [-0.15, -0.1) is 0 Å². The van der Waals surface area contributed by atoms with Gasteiger partial charge in [-0.1, -0.05) is 25.1 Å². The van der Waals surface area contributed by atoms with Crippen LogP contribution in [-0.4, -0.2) is 32.0 Å². The smallest absolute Gasteiger partial charge is 0.275 e. The Kier molecular flexibility index (Phi) is 6.96. The highest BCUT2D eigenvalue weighted by atomic mass is 32.1. The number of para-hydroxylation sites is 1. The summed E-state index contributed by atoms with van der Waals surface area (Å²) in [4.78, 5) is 25.0. The van der Waals surface area contributed by atoms with Crippen LogP contribution in [0.1, 0.15) is 18.1 Å². The molecule has 0 aliphatic heterocycles. The minimum Gasteiger partial charge on any atom is -0.342 e. The van der Waals surface area contributed by atoms with E-state index in [1.807, 2.05) is 43.6 Å². The molecule has 1 aromatic carbocycles. The van der Waals surface area contributed by atoms with E-state index in [0.29, 0.717) is 6.54 Å². The first-order valence-electron chi connectivity index (χ1n) is 8.05. The minimum atomic E-state index is -0.209. The van der Waals surface area contributed by atoms with Gasteiger partial charge in [0, 0.05) is 11.3 Å². The van der Waals surface area contributed by atoms with Crippen molar-refractivity contribution in [2.75, 3.05) is 25.5 Å². The number of amides is 2. The molecule has 128 valence electrons. The van der Waals surface area contributed by atoms with Gasteiger partial charge in [0.05, 0.1) is 13.6 Å². The van der Waals surface area contributed by atoms with Crippen LogP contribution in [0, 0.1) is 0 Å². The first-order chi connectivity index (χ1) is 11.6. The fourth-order valence-corrected chi connectivity index (χ4v) is 3.13. The van der Waals surface area contributed by atoms with Gasteiger partial charge >= 0.3 is 0 Å². The van der Waals surface area contributed by atoms with Gasteiger partial charge in [0.25, 0.3) is 5.91 Å². The summed E-state index contributed by atoms with van der Waals surface area (Å²) in [5, 5.41) is 9.64. The zero-order valence-electron chi connectivity index (χ0n) is 14.1. The number of benzene rings is 1. The molecule has 0 bridgehead atoms. The van der Waals surface area contributed by atoms with E-state index in [1.165, 1.54) is 5.56 Å². The lowest BCUT2D eigenvalue weighted by molar-refractivity contribution is -0.885. The van der Waals surface area contributed by atoms with E-state index in [-0.39, 0.29) is 18.4 Å². The predicted molar refractivity (Wildman–Crippen MR) is 97.2 cm³/mol. The molecule has 0 saturated carbocycles. The highest BCUT2D eigenvalue weighted by Crippen LogP contribution is 2.14. The topological polar surface area (TPSA) is 62.6 Å². The second kappa shape index (κ2) is 9.20. The summed E-state index contributed by atoms with van der Waals surface area (Å²) in [6.07, 6.45) is 0.847. The average molecular weight is 346 g/mol. The molecule has 6 heteroatoms. The number of hydrogen-bond acceptors (Lipinski definition) is 3. The van der Waals surface area contributed by atoms with Gasteiger partial charge < -0.3 is 15.5 Å². The van der Waals surface area contributed by atoms with Gasteiger partial charge in [0.2, 0.25) is 5.91 Å². The molecule has 0 fully saturated rings. The van der Waals surface area contributed by atoms with Crippen molar-refractivity contribution in [2.24, 2.45) is 0 Å². The van der Waals surface area contributed by atoms with Crippen molar-refractivity contribution in [1.29, 1.82) is 0 Å². The third-order valence-corrected chi connectivity index (χ3v) is 4.40. The zero-order chi connectivity index (χ0) is 17.4. The van der Waals surface area contributed by atoms with Gasteiger partial charge in [0.15, 0.2) is 6.54 Å². The van der Waals surface area contributed by atoms with Gasteiger partial charge in [-0.2, -0.15) is 11.3 Å². The molecule has 0 aliphatic carbocycles. The highest BCUT2D eigenvalue weighted by molar-refractivity contribution is 7.07. The Hall–Kier alpha value is -2.18. The van der Waals surface area contributed by atoms with E-state index in [0.717, 1.165) is 29.1 Å². The summed E-state index contributed by atoms with van der Waals surface area (Å²) in [6.45, 7) is 3.17. The molecule has 24 heavy (non-hydrogen) atoms. The Bertz CT molecular complexity index is 671. The summed E-state index contributed by atoms with van der Waals surface area (Å²) in [7, 11) is 1.97. The molecule has 2 amide bonds. The second-order valence-electron chi connectivity index (χ2n) is 5.78. The number of likely N-dealkylation sites (N-methyl/N-ethyl adjacent to an activating group) is 1. The van der Waals surface area contributed by atoms with E-state index in [4.69, 9.17) is 0 Å². The first-order valence-corrected chi connectivity index (χ1v) is 8.99. The zero-order valence-corrected chi connectivity index (χ0v) is 14.9. The third-order valence-electron chi connectivity index (χ3n) is 3.67. The summed E-state index contributed by atoms with van der Waals surface area (Å²) in [6, 6.07) is 9.75. The Morgan fingerprint density at radius 1 is 1.17 bits per heavy atom.